The third kappa shape index (κ3) is 4.92. The van der Waals surface area contributed by atoms with Gasteiger partial charge < -0.3 is 10.1 Å². The Labute approximate surface area is 124 Å². The molecule has 0 saturated heterocycles. The molecule has 0 aromatic heterocycles. The summed E-state index contributed by atoms with van der Waals surface area (Å²) in [5, 5.41) is 4.14. The lowest BCUT2D eigenvalue weighted by atomic mass is 10.2. The van der Waals surface area contributed by atoms with Crippen molar-refractivity contribution in [1.82, 2.24) is 0 Å². The number of rotatable bonds is 3. The van der Waals surface area contributed by atoms with Crippen molar-refractivity contribution in [2.24, 2.45) is 0 Å². The number of ether oxygens (including phenoxy) is 1. The van der Waals surface area contributed by atoms with Crippen LogP contribution in [-0.2, 0) is 9.53 Å². The summed E-state index contributed by atoms with van der Waals surface area (Å²) in [4.78, 5) is 11.9. The zero-order valence-corrected chi connectivity index (χ0v) is 13.3. The van der Waals surface area contributed by atoms with Crippen LogP contribution in [-0.4, -0.2) is 17.6 Å². The number of nitrogens with one attached hydrogen (secondary N) is 1. The second kappa shape index (κ2) is 6.02. The summed E-state index contributed by atoms with van der Waals surface area (Å²) in [5.74, 6) is -0.333. The molecule has 3 nitrogen and oxygen atoms in total. The van der Waals surface area contributed by atoms with Crippen LogP contribution >= 0.6 is 23.2 Å². The van der Waals surface area contributed by atoms with Gasteiger partial charge in [0.2, 0.25) is 0 Å². The molecule has 1 rings (SSSR count). The molecule has 1 aromatic carbocycles. The number of aryl methyl sites for hydroxylation is 1. The lowest BCUT2D eigenvalue weighted by molar-refractivity contribution is -0.155. The zero-order valence-electron chi connectivity index (χ0n) is 11.8. The van der Waals surface area contributed by atoms with Gasteiger partial charge in [-0.3, -0.25) is 0 Å². The van der Waals surface area contributed by atoms with Crippen LogP contribution in [0.25, 0.3) is 0 Å². The highest BCUT2D eigenvalue weighted by atomic mass is 35.5. The van der Waals surface area contributed by atoms with Gasteiger partial charge in [0.1, 0.15) is 11.6 Å². The minimum atomic E-state index is -0.512. The highest BCUT2D eigenvalue weighted by Gasteiger charge is 2.22. The van der Waals surface area contributed by atoms with E-state index in [2.05, 4.69) is 5.32 Å². The molecular formula is C14H19Cl2NO2. The third-order valence-corrected chi connectivity index (χ3v) is 3.10. The number of carbonyl (C=O) groups is 1. The van der Waals surface area contributed by atoms with E-state index in [-0.39, 0.29) is 5.97 Å². The molecule has 1 unspecified atom stereocenters. The van der Waals surface area contributed by atoms with Crippen molar-refractivity contribution in [3.8, 4) is 0 Å². The molecular weight excluding hydrogens is 285 g/mol. The number of benzene rings is 1. The first-order chi connectivity index (χ1) is 8.60. The number of esters is 1. The van der Waals surface area contributed by atoms with Gasteiger partial charge in [-0.1, -0.05) is 23.2 Å². The van der Waals surface area contributed by atoms with Gasteiger partial charge in [0.25, 0.3) is 0 Å². The summed E-state index contributed by atoms with van der Waals surface area (Å²) in [6, 6.07) is 2.96. The molecule has 0 radical (unpaired) electrons. The molecule has 0 aliphatic heterocycles. The molecule has 106 valence electrons. The van der Waals surface area contributed by atoms with E-state index in [9.17, 15) is 4.79 Å². The molecule has 0 spiro atoms. The summed E-state index contributed by atoms with van der Waals surface area (Å²) in [6.07, 6.45) is 0. The Morgan fingerprint density at radius 1 is 1.26 bits per heavy atom. The van der Waals surface area contributed by atoms with E-state index >= 15 is 0 Å². The predicted molar refractivity (Wildman–Crippen MR) is 80.1 cm³/mol. The van der Waals surface area contributed by atoms with Crippen molar-refractivity contribution in [3.05, 3.63) is 27.7 Å². The van der Waals surface area contributed by atoms with Crippen molar-refractivity contribution >= 4 is 34.9 Å². The molecule has 0 amide bonds. The van der Waals surface area contributed by atoms with Crippen molar-refractivity contribution in [1.29, 1.82) is 0 Å². The average Bonchev–Trinajstić information content (AvgIpc) is 2.23. The number of carbonyl (C=O) groups excluding carboxylic acids is 1. The lowest BCUT2D eigenvalue weighted by Crippen LogP contribution is -2.34. The van der Waals surface area contributed by atoms with E-state index in [0.717, 1.165) is 5.56 Å². The van der Waals surface area contributed by atoms with Crippen LogP contribution in [0, 0.1) is 6.92 Å². The Morgan fingerprint density at radius 3 is 2.37 bits per heavy atom. The van der Waals surface area contributed by atoms with Gasteiger partial charge in [0.15, 0.2) is 0 Å². The Hall–Kier alpha value is -0.930. The largest absolute Gasteiger partial charge is 0.458 e. The Kier molecular flexibility index (Phi) is 5.11. The molecule has 1 atom stereocenters. The van der Waals surface area contributed by atoms with Crippen LogP contribution in [0.5, 0.6) is 0 Å². The van der Waals surface area contributed by atoms with Crippen LogP contribution in [0.2, 0.25) is 10.0 Å². The van der Waals surface area contributed by atoms with Crippen molar-refractivity contribution in [2.45, 2.75) is 46.3 Å². The van der Waals surface area contributed by atoms with Crippen molar-refractivity contribution < 1.29 is 9.53 Å². The summed E-state index contributed by atoms with van der Waals surface area (Å²) >= 11 is 12.2. The van der Waals surface area contributed by atoms with Crippen molar-refractivity contribution in [3.63, 3.8) is 0 Å². The second-order valence-electron chi connectivity index (χ2n) is 5.48. The molecule has 1 N–H and O–H groups in total. The second-order valence-corrected chi connectivity index (χ2v) is 6.30. The van der Waals surface area contributed by atoms with Crippen LogP contribution in [0.1, 0.15) is 33.3 Å². The average molecular weight is 304 g/mol. The van der Waals surface area contributed by atoms with Gasteiger partial charge in [-0.15, -0.1) is 0 Å². The number of halogens is 2. The van der Waals surface area contributed by atoms with Crippen LogP contribution < -0.4 is 5.32 Å². The summed E-state index contributed by atoms with van der Waals surface area (Å²) in [6.45, 7) is 9.07. The van der Waals surface area contributed by atoms with Gasteiger partial charge in [0, 0.05) is 5.02 Å². The van der Waals surface area contributed by atoms with E-state index < -0.39 is 11.6 Å². The van der Waals surface area contributed by atoms with E-state index in [1.807, 2.05) is 27.7 Å². The number of hydrogen-bond acceptors (Lipinski definition) is 3. The van der Waals surface area contributed by atoms with Crippen LogP contribution in [0.15, 0.2) is 12.1 Å². The van der Waals surface area contributed by atoms with Gasteiger partial charge in [0.05, 0.1) is 10.7 Å². The third-order valence-electron chi connectivity index (χ3n) is 2.38. The Bertz CT molecular complexity index is 481. The Balaban J connectivity index is 2.80. The molecule has 1 aromatic rings. The standard InChI is InChI=1S/C14H19Cl2NO2/c1-8-6-11(16)12(7-10(8)15)17-9(2)13(18)19-14(3,4)5/h6-7,9,17H,1-5H3. The van der Waals surface area contributed by atoms with Crippen molar-refractivity contribution in [2.75, 3.05) is 5.32 Å². The maximum Gasteiger partial charge on any atom is 0.328 e. The topological polar surface area (TPSA) is 38.3 Å². The molecule has 0 saturated carbocycles. The molecule has 0 bridgehead atoms. The van der Waals surface area contributed by atoms with Gasteiger partial charge in [-0.2, -0.15) is 0 Å². The summed E-state index contributed by atoms with van der Waals surface area (Å²) in [7, 11) is 0. The number of hydrogen-bond donors (Lipinski definition) is 1. The Morgan fingerprint density at radius 2 is 1.84 bits per heavy atom. The molecule has 19 heavy (non-hydrogen) atoms. The number of anilines is 1. The minimum Gasteiger partial charge on any atom is -0.458 e. The van der Waals surface area contributed by atoms with Gasteiger partial charge in [-0.25, -0.2) is 4.79 Å². The van der Waals surface area contributed by atoms with E-state index in [1.54, 1.807) is 19.1 Å². The van der Waals surface area contributed by atoms with Gasteiger partial charge in [-0.05, 0) is 52.3 Å². The molecule has 5 heteroatoms. The quantitative estimate of drug-likeness (QED) is 0.839. The highest BCUT2D eigenvalue weighted by molar-refractivity contribution is 6.35. The van der Waals surface area contributed by atoms with Crippen LogP contribution in [0.3, 0.4) is 0 Å². The monoisotopic (exact) mass is 303 g/mol. The van der Waals surface area contributed by atoms with Gasteiger partial charge >= 0.3 is 5.97 Å². The van der Waals surface area contributed by atoms with E-state index in [0.29, 0.717) is 15.7 Å². The highest BCUT2D eigenvalue weighted by Crippen LogP contribution is 2.29. The first kappa shape index (κ1) is 16.1. The first-order valence-corrected chi connectivity index (χ1v) is 6.81. The molecule has 0 aliphatic carbocycles. The SMILES string of the molecule is Cc1cc(Cl)c(NC(C)C(=O)OC(C)(C)C)cc1Cl. The first-order valence-electron chi connectivity index (χ1n) is 6.05. The van der Waals surface area contributed by atoms with Crippen LogP contribution in [0.4, 0.5) is 5.69 Å². The predicted octanol–water partition coefficient (Wildman–Crippen LogP) is 4.44. The summed E-state index contributed by atoms with van der Waals surface area (Å²) in [5.41, 5.74) is 1.000. The smallest absolute Gasteiger partial charge is 0.328 e. The fourth-order valence-corrected chi connectivity index (χ4v) is 1.88. The molecule has 0 heterocycles. The fraction of sp³-hybridized carbons (Fsp3) is 0.500. The maximum atomic E-state index is 11.9. The molecule has 0 aliphatic rings. The normalized spacial score (nSPS) is 13.0. The van der Waals surface area contributed by atoms with E-state index in [1.165, 1.54) is 0 Å². The maximum absolute atomic E-state index is 11.9. The lowest BCUT2D eigenvalue weighted by Gasteiger charge is -2.23. The molecule has 0 fully saturated rings. The van der Waals surface area contributed by atoms with E-state index in [4.69, 9.17) is 27.9 Å². The minimum absolute atomic E-state index is 0.333. The zero-order chi connectivity index (χ0) is 14.8. The fourth-order valence-electron chi connectivity index (χ4n) is 1.44. The summed E-state index contributed by atoms with van der Waals surface area (Å²) < 4.78 is 5.29.